The zero-order valence-corrected chi connectivity index (χ0v) is 18.2. The SMILES string of the molecule is Cc1ccc(CN2CCN(CC(=O)N3CCN(c4ccc(F)cc4)CC3)C(=O)C2=O)cc1. The lowest BCUT2D eigenvalue weighted by atomic mass is 10.1. The van der Waals surface area contributed by atoms with E-state index < -0.39 is 11.8 Å². The van der Waals surface area contributed by atoms with E-state index in [1.165, 1.54) is 21.9 Å². The van der Waals surface area contributed by atoms with E-state index in [9.17, 15) is 18.8 Å². The molecule has 0 bridgehead atoms. The van der Waals surface area contributed by atoms with Crippen LogP contribution in [0.3, 0.4) is 0 Å². The second-order valence-electron chi connectivity index (χ2n) is 8.28. The van der Waals surface area contributed by atoms with E-state index >= 15 is 0 Å². The van der Waals surface area contributed by atoms with Gasteiger partial charge in [-0.1, -0.05) is 29.8 Å². The van der Waals surface area contributed by atoms with E-state index in [-0.39, 0.29) is 18.3 Å². The minimum Gasteiger partial charge on any atom is -0.368 e. The molecule has 0 N–H and O–H groups in total. The topological polar surface area (TPSA) is 64.2 Å². The molecule has 4 rings (SSSR count). The van der Waals surface area contributed by atoms with Gasteiger partial charge >= 0.3 is 11.8 Å². The molecule has 0 aromatic heterocycles. The molecule has 32 heavy (non-hydrogen) atoms. The molecule has 2 aromatic carbocycles. The summed E-state index contributed by atoms with van der Waals surface area (Å²) in [6, 6.07) is 14.2. The molecule has 0 spiro atoms. The average Bonchev–Trinajstić information content (AvgIpc) is 2.81. The van der Waals surface area contributed by atoms with Crippen LogP contribution in [0.15, 0.2) is 48.5 Å². The standard InChI is InChI=1S/C24H27FN4O3/c1-18-2-4-19(5-3-18)16-28-14-15-29(24(32)23(28)31)17-22(30)27-12-10-26(11-13-27)21-8-6-20(25)7-9-21/h2-9H,10-17H2,1H3. The number of nitrogens with zero attached hydrogens (tertiary/aromatic N) is 4. The number of anilines is 1. The first-order chi connectivity index (χ1) is 15.4. The highest BCUT2D eigenvalue weighted by Crippen LogP contribution is 2.17. The minimum atomic E-state index is -0.623. The van der Waals surface area contributed by atoms with Crippen LogP contribution in [-0.4, -0.2) is 78.2 Å². The Kier molecular flexibility index (Phi) is 6.39. The van der Waals surface area contributed by atoms with Crippen LogP contribution in [0, 0.1) is 12.7 Å². The van der Waals surface area contributed by atoms with Crippen molar-refractivity contribution >= 4 is 23.4 Å². The van der Waals surface area contributed by atoms with Crippen LogP contribution in [-0.2, 0) is 20.9 Å². The summed E-state index contributed by atoms with van der Waals surface area (Å²) in [4.78, 5) is 44.6. The van der Waals surface area contributed by atoms with Crippen molar-refractivity contribution in [3.05, 3.63) is 65.5 Å². The van der Waals surface area contributed by atoms with Gasteiger partial charge in [0.1, 0.15) is 12.4 Å². The summed E-state index contributed by atoms with van der Waals surface area (Å²) < 4.78 is 13.1. The van der Waals surface area contributed by atoms with Crippen LogP contribution in [0.25, 0.3) is 0 Å². The number of benzene rings is 2. The number of rotatable bonds is 5. The molecule has 0 radical (unpaired) electrons. The fourth-order valence-electron chi connectivity index (χ4n) is 4.06. The maximum absolute atomic E-state index is 13.1. The third kappa shape index (κ3) is 4.90. The van der Waals surface area contributed by atoms with Crippen molar-refractivity contribution in [2.24, 2.45) is 0 Å². The van der Waals surface area contributed by atoms with Gasteiger partial charge in [0.25, 0.3) is 0 Å². The highest BCUT2D eigenvalue weighted by molar-refractivity contribution is 6.35. The van der Waals surface area contributed by atoms with Gasteiger partial charge in [-0.15, -0.1) is 0 Å². The molecular weight excluding hydrogens is 411 g/mol. The third-order valence-electron chi connectivity index (χ3n) is 6.04. The second kappa shape index (κ2) is 9.38. The monoisotopic (exact) mass is 438 g/mol. The molecule has 8 heteroatoms. The zero-order valence-electron chi connectivity index (χ0n) is 18.2. The molecule has 0 unspecified atom stereocenters. The predicted octanol–water partition coefficient (Wildman–Crippen LogP) is 1.65. The number of carbonyl (C=O) groups excluding carboxylic acids is 3. The maximum Gasteiger partial charge on any atom is 0.312 e. The van der Waals surface area contributed by atoms with Crippen molar-refractivity contribution in [3.8, 4) is 0 Å². The molecule has 168 valence electrons. The fraction of sp³-hybridized carbons (Fsp3) is 0.375. The van der Waals surface area contributed by atoms with Crippen molar-refractivity contribution in [2.75, 3.05) is 50.7 Å². The number of hydrogen-bond acceptors (Lipinski definition) is 4. The van der Waals surface area contributed by atoms with Gasteiger partial charge < -0.3 is 19.6 Å². The van der Waals surface area contributed by atoms with E-state index in [0.717, 1.165) is 16.8 Å². The normalized spacial score (nSPS) is 17.2. The van der Waals surface area contributed by atoms with Crippen LogP contribution >= 0.6 is 0 Å². The van der Waals surface area contributed by atoms with Gasteiger partial charge in [-0.05, 0) is 36.8 Å². The summed E-state index contributed by atoms with van der Waals surface area (Å²) in [6.07, 6.45) is 0. The molecule has 2 aliphatic heterocycles. The van der Waals surface area contributed by atoms with Gasteiger partial charge in [-0.25, -0.2) is 4.39 Å². The van der Waals surface area contributed by atoms with E-state index in [4.69, 9.17) is 0 Å². The van der Waals surface area contributed by atoms with Crippen molar-refractivity contribution in [1.82, 2.24) is 14.7 Å². The smallest absolute Gasteiger partial charge is 0.312 e. The highest BCUT2D eigenvalue weighted by atomic mass is 19.1. The molecule has 2 saturated heterocycles. The van der Waals surface area contributed by atoms with E-state index in [1.54, 1.807) is 17.0 Å². The molecule has 2 fully saturated rings. The van der Waals surface area contributed by atoms with Crippen LogP contribution in [0.2, 0.25) is 0 Å². The molecule has 3 amide bonds. The molecule has 0 saturated carbocycles. The summed E-state index contributed by atoms with van der Waals surface area (Å²) in [7, 11) is 0. The Morgan fingerprint density at radius 1 is 0.812 bits per heavy atom. The van der Waals surface area contributed by atoms with Gasteiger partial charge in [0.05, 0.1) is 0 Å². The first kappa shape index (κ1) is 21.8. The Labute approximate surface area is 187 Å². The van der Waals surface area contributed by atoms with E-state index in [0.29, 0.717) is 45.8 Å². The van der Waals surface area contributed by atoms with E-state index in [1.807, 2.05) is 31.2 Å². The van der Waals surface area contributed by atoms with Crippen molar-refractivity contribution in [1.29, 1.82) is 0 Å². The van der Waals surface area contributed by atoms with Crippen LogP contribution in [0.5, 0.6) is 0 Å². The van der Waals surface area contributed by atoms with Crippen molar-refractivity contribution in [3.63, 3.8) is 0 Å². The molecule has 2 heterocycles. The van der Waals surface area contributed by atoms with Crippen molar-refractivity contribution < 1.29 is 18.8 Å². The number of aryl methyl sites for hydroxylation is 1. The molecular formula is C24H27FN4O3. The van der Waals surface area contributed by atoms with Gasteiger partial charge in [-0.3, -0.25) is 14.4 Å². The van der Waals surface area contributed by atoms with Crippen LogP contribution in [0.1, 0.15) is 11.1 Å². The third-order valence-corrected chi connectivity index (χ3v) is 6.04. The quantitative estimate of drug-likeness (QED) is 0.666. The summed E-state index contributed by atoms with van der Waals surface area (Å²) in [5.41, 5.74) is 3.03. The van der Waals surface area contributed by atoms with Gasteiger partial charge in [0, 0.05) is 51.5 Å². The zero-order chi connectivity index (χ0) is 22.7. The number of carbonyl (C=O) groups is 3. The van der Waals surface area contributed by atoms with Crippen molar-refractivity contribution in [2.45, 2.75) is 13.5 Å². The van der Waals surface area contributed by atoms with Crippen LogP contribution in [0.4, 0.5) is 10.1 Å². The molecule has 2 aromatic rings. The molecule has 0 aliphatic carbocycles. The predicted molar refractivity (Wildman–Crippen MR) is 118 cm³/mol. The number of halogens is 1. The summed E-state index contributed by atoms with van der Waals surface area (Å²) in [6.45, 7) is 5.36. The fourth-order valence-corrected chi connectivity index (χ4v) is 4.06. The lowest BCUT2D eigenvalue weighted by molar-refractivity contribution is -0.158. The maximum atomic E-state index is 13.1. The highest BCUT2D eigenvalue weighted by Gasteiger charge is 2.34. The first-order valence-corrected chi connectivity index (χ1v) is 10.8. The number of hydrogen-bond donors (Lipinski definition) is 0. The number of amides is 3. The lowest BCUT2D eigenvalue weighted by Crippen LogP contribution is -2.57. The molecule has 0 atom stereocenters. The minimum absolute atomic E-state index is 0.0838. The Morgan fingerprint density at radius 3 is 2.06 bits per heavy atom. The summed E-state index contributed by atoms with van der Waals surface area (Å²) >= 11 is 0. The Hall–Kier alpha value is -3.42. The molecule has 7 nitrogen and oxygen atoms in total. The van der Waals surface area contributed by atoms with E-state index in [2.05, 4.69) is 4.90 Å². The van der Waals surface area contributed by atoms with Gasteiger partial charge in [0.15, 0.2) is 0 Å². The molecule has 2 aliphatic rings. The Morgan fingerprint density at radius 2 is 1.41 bits per heavy atom. The summed E-state index contributed by atoms with van der Waals surface area (Å²) in [5.74, 6) is -1.62. The summed E-state index contributed by atoms with van der Waals surface area (Å²) in [5, 5.41) is 0. The van der Waals surface area contributed by atoms with Crippen LogP contribution < -0.4 is 4.90 Å². The van der Waals surface area contributed by atoms with Gasteiger partial charge in [-0.2, -0.15) is 0 Å². The Bertz CT molecular complexity index is 985. The lowest BCUT2D eigenvalue weighted by Gasteiger charge is -2.38. The largest absolute Gasteiger partial charge is 0.368 e. The first-order valence-electron chi connectivity index (χ1n) is 10.8. The average molecular weight is 439 g/mol. The number of piperazine rings is 2. The Balaban J connectivity index is 1.27. The second-order valence-corrected chi connectivity index (χ2v) is 8.28. The van der Waals surface area contributed by atoms with Gasteiger partial charge in [0.2, 0.25) is 5.91 Å².